The Morgan fingerprint density at radius 3 is 2.28 bits per heavy atom. The number of hydrogen-bond donors (Lipinski definition) is 0. The summed E-state index contributed by atoms with van der Waals surface area (Å²) in [6.07, 6.45) is 0.943. The third-order valence-electron chi connectivity index (χ3n) is 6.13. The number of sulfonamides is 1. The maximum Gasteiger partial charge on any atom is 0.243 e. The molecule has 0 saturated heterocycles. The van der Waals surface area contributed by atoms with E-state index in [4.69, 9.17) is 30.2 Å². The first-order chi connectivity index (χ1) is 18.7. The zero-order valence-corrected chi connectivity index (χ0v) is 24.3. The highest BCUT2D eigenvalue weighted by Crippen LogP contribution is 2.28. The Morgan fingerprint density at radius 1 is 0.949 bits per heavy atom. The molecule has 212 valence electrons. The van der Waals surface area contributed by atoms with Crippen LogP contribution in [0.1, 0.15) is 23.5 Å². The second-order valence-corrected chi connectivity index (χ2v) is 11.3. The van der Waals surface area contributed by atoms with Crippen LogP contribution in [-0.2, 0) is 32.5 Å². The van der Waals surface area contributed by atoms with E-state index in [2.05, 4.69) is 0 Å². The predicted octanol–water partition coefficient (Wildman–Crippen LogP) is 4.56. The first-order valence-corrected chi connectivity index (χ1v) is 14.3. The van der Waals surface area contributed by atoms with Gasteiger partial charge < -0.3 is 23.5 Å². The van der Waals surface area contributed by atoms with Gasteiger partial charge in [-0.2, -0.15) is 4.31 Å². The molecule has 1 aromatic heterocycles. The topological polar surface area (TPSA) is 98.5 Å². The molecule has 0 aliphatic rings. The number of halogens is 1. The summed E-state index contributed by atoms with van der Waals surface area (Å²) < 4.78 is 49.7. The van der Waals surface area contributed by atoms with Gasteiger partial charge in [-0.25, -0.2) is 8.42 Å². The van der Waals surface area contributed by atoms with Gasteiger partial charge in [0.25, 0.3) is 0 Å². The fraction of sp³-hybridized carbons (Fsp3) is 0.393. The molecule has 39 heavy (non-hydrogen) atoms. The molecule has 0 unspecified atom stereocenters. The van der Waals surface area contributed by atoms with E-state index in [0.717, 1.165) is 11.3 Å². The van der Waals surface area contributed by atoms with E-state index >= 15 is 0 Å². The van der Waals surface area contributed by atoms with E-state index in [-0.39, 0.29) is 30.4 Å². The summed E-state index contributed by atoms with van der Waals surface area (Å²) in [7, 11) is 0.719. The van der Waals surface area contributed by atoms with Crippen LogP contribution in [0, 0.1) is 6.92 Å². The van der Waals surface area contributed by atoms with Crippen LogP contribution in [0.4, 0.5) is 0 Å². The van der Waals surface area contributed by atoms with Gasteiger partial charge in [-0.1, -0.05) is 17.7 Å². The number of carbonyl (C=O) groups excluding carboxylic acids is 1. The Morgan fingerprint density at radius 2 is 1.67 bits per heavy atom. The Bertz CT molecular complexity index is 1330. The lowest BCUT2D eigenvalue weighted by Crippen LogP contribution is -2.43. The smallest absolute Gasteiger partial charge is 0.243 e. The van der Waals surface area contributed by atoms with Crippen molar-refractivity contribution in [3.63, 3.8) is 0 Å². The Hall–Kier alpha value is -3.05. The lowest BCUT2D eigenvalue weighted by atomic mass is 10.1. The Balaban J connectivity index is 1.84. The van der Waals surface area contributed by atoms with Gasteiger partial charge in [0.15, 0.2) is 11.5 Å². The van der Waals surface area contributed by atoms with Crippen molar-refractivity contribution >= 4 is 27.5 Å². The second-order valence-electron chi connectivity index (χ2n) is 8.91. The number of rotatable bonds is 15. The number of aryl methyl sites for hydroxylation is 1. The highest BCUT2D eigenvalue weighted by molar-refractivity contribution is 7.89. The fourth-order valence-electron chi connectivity index (χ4n) is 4.03. The first kappa shape index (κ1) is 30.5. The fourth-order valence-corrected chi connectivity index (χ4v) is 5.58. The van der Waals surface area contributed by atoms with Crippen molar-refractivity contribution in [1.29, 1.82) is 0 Å². The molecule has 2 aromatic carbocycles. The zero-order valence-electron chi connectivity index (χ0n) is 22.7. The van der Waals surface area contributed by atoms with E-state index < -0.39 is 10.0 Å². The number of benzene rings is 2. The molecular formula is C28H35ClN2O7S. The molecule has 11 heteroatoms. The predicted molar refractivity (Wildman–Crippen MR) is 149 cm³/mol. The molecule has 3 aromatic rings. The summed E-state index contributed by atoms with van der Waals surface area (Å²) in [6, 6.07) is 15.1. The minimum Gasteiger partial charge on any atom is -0.493 e. The minimum absolute atomic E-state index is 0.0654. The minimum atomic E-state index is -3.96. The van der Waals surface area contributed by atoms with E-state index in [0.29, 0.717) is 48.3 Å². The van der Waals surface area contributed by atoms with E-state index in [1.54, 1.807) is 26.2 Å². The summed E-state index contributed by atoms with van der Waals surface area (Å²) >= 11 is 5.96. The monoisotopic (exact) mass is 578 g/mol. The molecule has 0 saturated carbocycles. The van der Waals surface area contributed by atoms with Gasteiger partial charge >= 0.3 is 0 Å². The van der Waals surface area contributed by atoms with Gasteiger partial charge in [-0.15, -0.1) is 0 Å². The van der Waals surface area contributed by atoms with Gasteiger partial charge in [-0.3, -0.25) is 4.79 Å². The van der Waals surface area contributed by atoms with Crippen LogP contribution in [0.5, 0.6) is 11.5 Å². The quantitative estimate of drug-likeness (QED) is 0.244. The van der Waals surface area contributed by atoms with Crippen LogP contribution < -0.4 is 9.47 Å². The average molecular weight is 579 g/mol. The van der Waals surface area contributed by atoms with Crippen molar-refractivity contribution in [3.8, 4) is 11.5 Å². The molecule has 0 N–H and O–H groups in total. The van der Waals surface area contributed by atoms with Crippen LogP contribution in [-0.4, -0.2) is 71.1 Å². The summed E-state index contributed by atoms with van der Waals surface area (Å²) in [5.41, 5.74) is 0.937. The number of carbonyl (C=O) groups is 1. The van der Waals surface area contributed by atoms with Gasteiger partial charge in [0.1, 0.15) is 11.5 Å². The molecule has 0 atom stereocenters. The third kappa shape index (κ3) is 8.47. The van der Waals surface area contributed by atoms with Crippen LogP contribution in [0.3, 0.4) is 0 Å². The van der Waals surface area contributed by atoms with E-state index in [1.807, 2.05) is 37.3 Å². The summed E-state index contributed by atoms with van der Waals surface area (Å²) in [5.74, 6) is 2.19. The highest BCUT2D eigenvalue weighted by Gasteiger charge is 2.28. The lowest BCUT2D eigenvalue weighted by molar-refractivity contribution is -0.132. The molecule has 0 spiro atoms. The van der Waals surface area contributed by atoms with Crippen molar-refractivity contribution in [3.05, 3.63) is 76.7 Å². The lowest BCUT2D eigenvalue weighted by Gasteiger charge is -2.27. The first-order valence-electron chi connectivity index (χ1n) is 12.5. The number of hydrogen-bond acceptors (Lipinski definition) is 7. The molecular weight excluding hydrogens is 544 g/mol. The van der Waals surface area contributed by atoms with Gasteiger partial charge in [-0.05, 0) is 73.9 Å². The standard InChI is InChI=1S/C28H35ClN2O7S/c1-21-6-10-24(38-21)19-30(16-14-22-7-13-26(36-3)27(18-22)37-4)28(32)20-31(15-5-17-35-2)39(33,34)25-11-8-23(29)9-12-25/h6-13,18H,5,14-17,19-20H2,1-4H3. The SMILES string of the molecule is COCCCN(CC(=O)N(CCc1ccc(OC)c(OC)c1)Cc1ccc(C)o1)S(=O)(=O)c1ccc(Cl)cc1. The van der Waals surface area contributed by atoms with Gasteiger partial charge in [0.2, 0.25) is 15.9 Å². The molecule has 0 aliphatic carbocycles. The van der Waals surface area contributed by atoms with Crippen molar-refractivity contribution in [2.45, 2.75) is 31.2 Å². The van der Waals surface area contributed by atoms with E-state index in [9.17, 15) is 13.2 Å². The molecule has 0 radical (unpaired) electrons. The van der Waals surface area contributed by atoms with Crippen LogP contribution in [0.25, 0.3) is 0 Å². The summed E-state index contributed by atoms with van der Waals surface area (Å²) in [6.45, 7) is 2.51. The van der Waals surface area contributed by atoms with Crippen molar-refractivity contribution in [2.24, 2.45) is 0 Å². The normalized spacial score (nSPS) is 11.5. The number of ether oxygens (including phenoxy) is 3. The number of nitrogens with zero attached hydrogens (tertiary/aromatic N) is 2. The third-order valence-corrected chi connectivity index (χ3v) is 8.24. The van der Waals surface area contributed by atoms with Crippen LogP contribution >= 0.6 is 11.6 Å². The van der Waals surface area contributed by atoms with Gasteiger partial charge in [0, 0.05) is 31.8 Å². The highest BCUT2D eigenvalue weighted by atomic mass is 35.5. The Labute approximate surface area is 235 Å². The summed E-state index contributed by atoms with van der Waals surface area (Å²) in [5, 5.41) is 0.422. The molecule has 0 aliphatic heterocycles. The Kier molecular flexibility index (Phi) is 11.2. The van der Waals surface area contributed by atoms with E-state index in [1.165, 1.54) is 28.6 Å². The maximum absolute atomic E-state index is 13.7. The zero-order chi connectivity index (χ0) is 28.4. The summed E-state index contributed by atoms with van der Waals surface area (Å²) in [4.78, 5) is 15.3. The molecule has 3 rings (SSSR count). The van der Waals surface area contributed by atoms with Crippen LogP contribution in [0.2, 0.25) is 5.02 Å². The number of furan rings is 1. The second kappa shape index (κ2) is 14.4. The van der Waals surface area contributed by atoms with Crippen molar-refractivity contribution in [1.82, 2.24) is 9.21 Å². The molecule has 0 fully saturated rings. The average Bonchev–Trinajstić information content (AvgIpc) is 3.34. The molecule has 1 heterocycles. The number of methoxy groups -OCH3 is 3. The molecule has 9 nitrogen and oxygen atoms in total. The largest absolute Gasteiger partial charge is 0.493 e. The molecule has 1 amide bonds. The number of amides is 1. The maximum atomic E-state index is 13.7. The van der Waals surface area contributed by atoms with Crippen molar-refractivity contribution in [2.75, 3.05) is 47.6 Å². The van der Waals surface area contributed by atoms with Gasteiger partial charge in [0.05, 0.1) is 32.2 Å². The van der Waals surface area contributed by atoms with Crippen molar-refractivity contribution < 1.29 is 31.8 Å². The molecule has 0 bridgehead atoms. The van der Waals surface area contributed by atoms with Crippen LogP contribution in [0.15, 0.2) is 63.9 Å².